The zero-order valence-electron chi connectivity index (χ0n) is 13.4. The van der Waals surface area contributed by atoms with Gasteiger partial charge in [-0.1, -0.05) is 0 Å². The first-order valence-corrected chi connectivity index (χ1v) is 7.72. The molecule has 1 aromatic carbocycles. The summed E-state index contributed by atoms with van der Waals surface area (Å²) in [5.74, 6) is -1.26. The number of aromatic nitrogens is 1. The minimum absolute atomic E-state index is 0.101. The van der Waals surface area contributed by atoms with E-state index in [1.54, 1.807) is 11.0 Å². The molecular formula is C17H13F5N4. The number of pyridine rings is 1. The van der Waals surface area contributed by atoms with Crippen molar-refractivity contribution in [2.75, 3.05) is 36.0 Å². The molecule has 0 radical (unpaired) electrons. The number of nitriles is 1. The molecule has 4 nitrogen and oxygen atoms in total. The van der Waals surface area contributed by atoms with E-state index in [-0.39, 0.29) is 24.3 Å². The molecule has 9 heteroatoms. The maximum atomic E-state index is 14.1. The van der Waals surface area contributed by atoms with Crippen LogP contribution in [0.5, 0.6) is 0 Å². The minimum atomic E-state index is -4.45. The molecule has 0 amide bonds. The molecule has 0 saturated carbocycles. The molecule has 0 bridgehead atoms. The van der Waals surface area contributed by atoms with Crippen LogP contribution in [0.25, 0.3) is 0 Å². The lowest BCUT2D eigenvalue weighted by Crippen LogP contribution is -2.47. The third-order valence-electron chi connectivity index (χ3n) is 4.14. The Morgan fingerprint density at radius 1 is 0.962 bits per heavy atom. The van der Waals surface area contributed by atoms with Crippen LogP contribution in [0.4, 0.5) is 33.5 Å². The normalized spacial score (nSPS) is 15.1. The van der Waals surface area contributed by atoms with Gasteiger partial charge >= 0.3 is 6.18 Å². The molecule has 136 valence electrons. The number of nitrogens with zero attached hydrogens (tertiary/aromatic N) is 4. The van der Waals surface area contributed by atoms with Crippen LogP contribution in [0.3, 0.4) is 0 Å². The monoisotopic (exact) mass is 368 g/mol. The Balaban J connectivity index is 1.71. The van der Waals surface area contributed by atoms with E-state index in [0.717, 1.165) is 24.4 Å². The molecule has 0 N–H and O–H groups in total. The van der Waals surface area contributed by atoms with Crippen molar-refractivity contribution in [1.29, 1.82) is 5.26 Å². The largest absolute Gasteiger partial charge is 0.417 e. The van der Waals surface area contributed by atoms with E-state index in [1.807, 2.05) is 0 Å². The third-order valence-corrected chi connectivity index (χ3v) is 4.14. The molecule has 0 aliphatic carbocycles. The highest BCUT2D eigenvalue weighted by Gasteiger charge is 2.31. The van der Waals surface area contributed by atoms with Gasteiger partial charge in [-0.3, -0.25) is 0 Å². The molecule has 3 rings (SSSR count). The van der Waals surface area contributed by atoms with E-state index in [1.165, 1.54) is 11.0 Å². The van der Waals surface area contributed by atoms with Gasteiger partial charge < -0.3 is 9.80 Å². The summed E-state index contributed by atoms with van der Waals surface area (Å²) in [6.07, 6.45) is -3.68. The number of piperazine rings is 1. The summed E-state index contributed by atoms with van der Waals surface area (Å²) in [7, 11) is 0. The molecule has 0 atom stereocenters. The predicted molar refractivity (Wildman–Crippen MR) is 84.7 cm³/mol. The highest BCUT2D eigenvalue weighted by Crippen LogP contribution is 2.30. The number of halogens is 5. The van der Waals surface area contributed by atoms with Crippen molar-refractivity contribution in [2.45, 2.75) is 6.18 Å². The summed E-state index contributed by atoms with van der Waals surface area (Å²) >= 11 is 0. The second-order valence-electron chi connectivity index (χ2n) is 5.78. The van der Waals surface area contributed by atoms with Gasteiger partial charge in [-0.05, 0) is 24.3 Å². The standard InChI is InChI=1S/C17H13F5N4/c18-13-7-11(9-23)8-14(19)16(13)26-5-3-25(4-6-26)15-2-1-12(10-24-15)17(20,21)22/h1-2,7-8,10H,3-6H2. The van der Waals surface area contributed by atoms with Gasteiger partial charge in [0.2, 0.25) is 0 Å². The minimum Gasteiger partial charge on any atom is -0.363 e. The van der Waals surface area contributed by atoms with Crippen LogP contribution in [0.2, 0.25) is 0 Å². The first kappa shape index (κ1) is 17.9. The molecule has 1 saturated heterocycles. The van der Waals surface area contributed by atoms with Crippen molar-refractivity contribution in [3.8, 4) is 6.07 Å². The first-order chi connectivity index (χ1) is 12.3. The van der Waals surface area contributed by atoms with E-state index in [2.05, 4.69) is 4.98 Å². The molecule has 0 spiro atoms. The Labute approximate surface area is 146 Å². The average Bonchev–Trinajstić information content (AvgIpc) is 2.61. The third kappa shape index (κ3) is 3.54. The molecule has 2 aromatic rings. The molecule has 2 heterocycles. The summed E-state index contributed by atoms with van der Waals surface area (Å²) in [6, 6.07) is 5.87. The van der Waals surface area contributed by atoms with Gasteiger partial charge in [-0.25, -0.2) is 13.8 Å². The van der Waals surface area contributed by atoms with Crippen molar-refractivity contribution >= 4 is 11.5 Å². The number of anilines is 2. The van der Waals surface area contributed by atoms with Gasteiger partial charge in [-0.15, -0.1) is 0 Å². The molecule has 0 unspecified atom stereocenters. The Morgan fingerprint density at radius 2 is 1.54 bits per heavy atom. The van der Waals surface area contributed by atoms with Gasteiger partial charge in [0.25, 0.3) is 0 Å². The Morgan fingerprint density at radius 3 is 2.00 bits per heavy atom. The van der Waals surface area contributed by atoms with E-state index in [9.17, 15) is 22.0 Å². The highest BCUT2D eigenvalue weighted by molar-refractivity contribution is 5.54. The van der Waals surface area contributed by atoms with E-state index in [0.29, 0.717) is 18.9 Å². The number of hydrogen-bond acceptors (Lipinski definition) is 4. The predicted octanol–water partition coefficient (Wildman–Crippen LogP) is 3.58. The van der Waals surface area contributed by atoms with Crippen molar-refractivity contribution in [3.05, 3.63) is 53.2 Å². The molecule has 1 aliphatic rings. The number of alkyl halides is 3. The number of rotatable bonds is 2. The highest BCUT2D eigenvalue weighted by atomic mass is 19.4. The van der Waals surface area contributed by atoms with Crippen LogP contribution in [0.1, 0.15) is 11.1 Å². The summed E-state index contributed by atoms with van der Waals surface area (Å²) < 4.78 is 65.9. The molecule has 1 aromatic heterocycles. The summed E-state index contributed by atoms with van der Waals surface area (Å²) in [6.45, 7) is 1.22. The Bertz CT molecular complexity index is 811. The molecule has 1 fully saturated rings. The maximum absolute atomic E-state index is 14.1. The van der Waals surface area contributed by atoms with Gasteiger partial charge in [0, 0.05) is 32.4 Å². The maximum Gasteiger partial charge on any atom is 0.417 e. The van der Waals surface area contributed by atoms with Gasteiger partial charge in [0.05, 0.1) is 17.2 Å². The van der Waals surface area contributed by atoms with Crippen LogP contribution in [-0.4, -0.2) is 31.2 Å². The lowest BCUT2D eigenvalue weighted by Gasteiger charge is -2.37. The first-order valence-electron chi connectivity index (χ1n) is 7.72. The van der Waals surface area contributed by atoms with Gasteiger partial charge in [0.15, 0.2) is 11.6 Å². The fourth-order valence-corrected chi connectivity index (χ4v) is 2.83. The lowest BCUT2D eigenvalue weighted by atomic mass is 10.1. The van der Waals surface area contributed by atoms with Crippen LogP contribution in [0.15, 0.2) is 30.5 Å². The van der Waals surface area contributed by atoms with E-state index in [4.69, 9.17) is 5.26 Å². The zero-order valence-corrected chi connectivity index (χ0v) is 13.4. The van der Waals surface area contributed by atoms with Crippen LogP contribution >= 0.6 is 0 Å². The summed E-state index contributed by atoms with van der Waals surface area (Å²) in [4.78, 5) is 7.08. The molecule has 26 heavy (non-hydrogen) atoms. The fraction of sp³-hybridized carbons (Fsp3) is 0.294. The van der Waals surface area contributed by atoms with Crippen molar-refractivity contribution in [3.63, 3.8) is 0 Å². The van der Waals surface area contributed by atoms with E-state index < -0.39 is 23.4 Å². The van der Waals surface area contributed by atoms with Crippen LogP contribution in [0, 0.1) is 23.0 Å². The fourth-order valence-electron chi connectivity index (χ4n) is 2.83. The summed E-state index contributed by atoms with van der Waals surface area (Å²) in [5.41, 5.74) is -1.14. The number of benzene rings is 1. The molecule has 1 aliphatic heterocycles. The van der Waals surface area contributed by atoms with Crippen LogP contribution in [-0.2, 0) is 6.18 Å². The molecular weight excluding hydrogens is 355 g/mol. The Kier molecular flexibility index (Phi) is 4.68. The summed E-state index contributed by atoms with van der Waals surface area (Å²) in [5, 5.41) is 8.74. The second kappa shape index (κ2) is 6.78. The quantitative estimate of drug-likeness (QED) is 0.760. The number of hydrogen-bond donors (Lipinski definition) is 0. The second-order valence-corrected chi connectivity index (χ2v) is 5.78. The SMILES string of the molecule is N#Cc1cc(F)c(N2CCN(c3ccc(C(F)(F)F)cn3)CC2)c(F)c1. The topological polar surface area (TPSA) is 43.2 Å². The lowest BCUT2D eigenvalue weighted by molar-refractivity contribution is -0.137. The zero-order chi connectivity index (χ0) is 18.9. The Hall–Kier alpha value is -2.89. The van der Waals surface area contributed by atoms with Gasteiger partial charge in [-0.2, -0.15) is 18.4 Å². The van der Waals surface area contributed by atoms with Crippen LogP contribution < -0.4 is 9.80 Å². The van der Waals surface area contributed by atoms with Crippen molar-refractivity contribution < 1.29 is 22.0 Å². The van der Waals surface area contributed by atoms with Crippen molar-refractivity contribution in [2.24, 2.45) is 0 Å². The average molecular weight is 368 g/mol. The van der Waals surface area contributed by atoms with Gasteiger partial charge in [0.1, 0.15) is 11.5 Å². The van der Waals surface area contributed by atoms with Crippen molar-refractivity contribution in [1.82, 2.24) is 4.98 Å². The van der Waals surface area contributed by atoms with E-state index >= 15 is 0 Å². The smallest absolute Gasteiger partial charge is 0.363 e.